The fourth-order valence-corrected chi connectivity index (χ4v) is 7.62. The first-order valence-corrected chi connectivity index (χ1v) is 24.3. The molecule has 3 amide bonds. The average Bonchev–Trinajstić information content (AvgIpc) is 3.21. The van der Waals surface area contributed by atoms with Crippen molar-refractivity contribution in [2.24, 2.45) is 0 Å². The average molecular weight is 784 g/mol. The molecule has 56 heavy (non-hydrogen) atoms. The summed E-state index contributed by atoms with van der Waals surface area (Å²) in [5.41, 5.74) is 0. The summed E-state index contributed by atoms with van der Waals surface area (Å²) < 4.78 is 1.96. The van der Waals surface area contributed by atoms with Gasteiger partial charge in [-0.15, -0.1) is 0 Å². The van der Waals surface area contributed by atoms with E-state index in [-0.39, 0.29) is 30.6 Å². The van der Waals surface area contributed by atoms with Crippen molar-refractivity contribution in [2.45, 2.75) is 251 Å². The minimum Gasteiger partial charge on any atom is -0.356 e. The van der Waals surface area contributed by atoms with Gasteiger partial charge in [-0.1, -0.05) is 213 Å². The Morgan fingerprint density at radius 3 is 1.18 bits per heavy atom. The Morgan fingerprint density at radius 2 is 0.786 bits per heavy atom. The van der Waals surface area contributed by atoms with E-state index in [1.54, 1.807) is 0 Å². The Hall–Kier alpha value is -2.44. The van der Waals surface area contributed by atoms with Crippen molar-refractivity contribution in [3.63, 3.8) is 0 Å². The predicted molar refractivity (Wildman–Crippen MR) is 238 cm³/mol. The first kappa shape index (κ1) is 51.6. The fraction of sp³-hybridized carbons (Fsp3) is 0.837. The summed E-state index contributed by atoms with van der Waals surface area (Å²) in [6.45, 7) is 6.38. The highest BCUT2D eigenvalue weighted by atomic mass is 16.2. The van der Waals surface area contributed by atoms with Crippen LogP contribution in [0.25, 0.3) is 0 Å². The topological polar surface area (TPSA) is 91.2 Å². The summed E-state index contributed by atoms with van der Waals surface area (Å²) in [7, 11) is 0. The van der Waals surface area contributed by atoms with Gasteiger partial charge in [0.25, 0.3) is 0 Å². The Labute approximate surface area is 346 Å². The molecule has 1 aromatic rings. The highest BCUT2D eigenvalue weighted by Gasteiger charge is 2.22. The molecule has 1 atom stereocenters. The van der Waals surface area contributed by atoms with E-state index in [1.807, 2.05) is 35.2 Å². The molecule has 3 N–H and O–H groups in total. The molecule has 1 heterocycles. The van der Waals surface area contributed by atoms with Gasteiger partial charge in [0, 0.05) is 31.6 Å². The smallest absolute Gasteiger partial charge is 0.242 e. The third kappa shape index (κ3) is 34.8. The number of nitrogens with one attached hydrogen (secondary N) is 3. The Balaban J connectivity index is 2.18. The third-order valence-electron chi connectivity index (χ3n) is 11.4. The van der Waals surface area contributed by atoms with Gasteiger partial charge in [-0.2, -0.15) is 0 Å². The van der Waals surface area contributed by atoms with Crippen molar-refractivity contribution in [1.29, 1.82) is 0 Å². The van der Waals surface area contributed by atoms with Gasteiger partial charge in [0.1, 0.15) is 6.04 Å². The van der Waals surface area contributed by atoms with Gasteiger partial charge in [0.05, 0.1) is 6.42 Å². The van der Waals surface area contributed by atoms with Crippen LogP contribution in [0.2, 0.25) is 0 Å². The standard InChI is InChI=1S/C49H90N4O3/c1-3-5-7-9-11-13-15-17-19-21-23-25-27-29-31-34-41-50-47(54)39-38-46(52-48(55)40-45-53-43-36-33-37-44-53)49(56)51-42-35-32-30-28-26-24-22-20-18-16-14-12-10-8-6-4-2/h33,36-37,43-44,46H,3-32,34-35,38-42,45H2,1-2H3,(H2-,50,51,52,54,55,56)/p+1. The normalized spacial score (nSPS) is 11.8. The van der Waals surface area contributed by atoms with Gasteiger partial charge in [-0.05, 0) is 19.3 Å². The maximum Gasteiger partial charge on any atom is 0.242 e. The summed E-state index contributed by atoms with van der Waals surface area (Å²) >= 11 is 0. The van der Waals surface area contributed by atoms with Crippen LogP contribution < -0.4 is 20.5 Å². The zero-order valence-corrected chi connectivity index (χ0v) is 37.0. The van der Waals surface area contributed by atoms with Crippen LogP contribution in [0.1, 0.15) is 239 Å². The fourth-order valence-electron chi connectivity index (χ4n) is 7.62. The lowest BCUT2D eigenvalue weighted by Crippen LogP contribution is -2.48. The number of nitrogens with zero attached hydrogens (tertiary/aromatic N) is 1. The zero-order chi connectivity index (χ0) is 40.4. The molecule has 1 rings (SSSR count). The number of unbranched alkanes of at least 4 members (excludes halogenated alkanes) is 30. The maximum absolute atomic E-state index is 13.2. The number of carbonyl (C=O) groups excluding carboxylic acids is 3. The number of amides is 3. The van der Waals surface area contributed by atoms with Crippen LogP contribution in [0.5, 0.6) is 0 Å². The van der Waals surface area contributed by atoms with Gasteiger partial charge in [0.15, 0.2) is 18.9 Å². The highest BCUT2D eigenvalue weighted by Crippen LogP contribution is 2.15. The molecule has 1 aromatic heterocycles. The number of pyridine rings is 1. The van der Waals surface area contributed by atoms with Crippen LogP contribution in [-0.4, -0.2) is 36.9 Å². The molecule has 0 bridgehead atoms. The quantitative estimate of drug-likeness (QED) is 0.0455. The molecule has 7 nitrogen and oxygen atoms in total. The van der Waals surface area contributed by atoms with E-state index < -0.39 is 6.04 Å². The van der Waals surface area contributed by atoms with Crippen molar-refractivity contribution in [3.05, 3.63) is 30.6 Å². The van der Waals surface area contributed by atoms with Crippen LogP contribution in [0, 0.1) is 0 Å². The van der Waals surface area contributed by atoms with Crippen molar-refractivity contribution < 1.29 is 19.0 Å². The molecule has 0 radical (unpaired) electrons. The molecule has 0 aliphatic rings. The van der Waals surface area contributed by atoms with Crippen molar-refractivity contribution >= 4 is 17.7 Å². The Kier molecular flexibility index (Phi) is 37.5. The number of carbonyl (C=O) groups is 3. The number of aromatic nitrogens is 1. The third-order valence-corrected chi connectivity index (χ3v) is 11.4. The number of hydrogen-bond acceptors (Lipinski definition) is 3. The highest BCUT2D eigenvalue weighted by molar-refractivity contribution is 5.88. The van der Waals surface area contributed by atoms with E-state index in [1.165, 1.54) is 180 Å². The summed E-state index contributed by atoms with van der Waals surface area (Å²) in [5, 5.41) is 9.02. The van der Waals surface area contributed by atoms with Gasteiger partial charge in [-0.3, -0.25) is 14.4 Å². The van der Waals surface area contributed by atoms with Crippen LogP contribution in [0.15, 0.2) is 30.6 Å². The molecule has 0 saturated carbocycles. The van der Waals surface area contributed by atoms with Crippen LogP contribution in [0.3, 0.4) is 0 Å². The van der Waals surface area contributed by atoms with Gasteiger partial charge < -0.3 is 16.0 Å². The second-order valence-electron chi connectivity index (χ2n) is 16.8. The SMILES string of the molecule is CCCCCCCCCCCCCCCCCCNC(=O)CCC(NC(=O)CC[n+]1ccccc1)C(=O)NCCCCCCCCCCCCCCCCCC. The molecule has 0 aromatic carbocycles. The largest absolute Gasteiger partial charge is 0.356 e. The van der Waals surface area contributed by atoms with Gasteiger partial charge in [0.2, 0.25) is 17.7 Å². The molecular weight excluding hydrogens is 693 g/mol. The van der Waals surface area contributed by atoms with E-state index in [4.69, 9.17) is 0 Å². The van der Waals surface area contributed by atoms with Crippen LogP contribution in [-0.2, 0) is 20.9 Å². The molecule has 0 fully saturated rings. The number of rotatable bonds is 42. The first-order valence-electron chi connectivity index (χ1n) is 24.3. The first-order chi connectivity index (χ1) is 27.6. The molecule has 0 saturated heterocycles. The maximum atomic E-state index is 13.2. The lowest BCUT2D eigenvalue weighted by Gasteiger charge is -2.18. The second kappa shape index (κ2) is 40.7. The van der Waals surface area contributed by atoms with E-state index in [0.29, 0.717) is 26.1 Å². The molecule has 7 heteroatoms. The van der Waals surface area contributed by atoms with E-state index in [2.05, 4.69) is 29.8 Å². The zero-order valence-electron chi connectivity index (χ0n) is 37.0. The monoisotopic (exact) mass is 784 g/mol. The molecule has 324 valence electrons. The van der Waals surface area contributed by atoms with Crippen molar-refractivity contribution in [2.75, 3.05) is 13.1 Å². The second-order valence-corrected chi connectivity index (χ2v) is 16.8. The van der Waals surface area contributed by atoms with Gasteiger partial charge >= 0.3 is 0 Å². The lowest BCUT2D eigenvalue weighted by molar-refractivity contribution is -0.695. The summed E-state index contributed by atoms with van der Waals surface area (Å²) in [6, 6.07) is 5.12. The number of hydrogen-bond donors (Lipinski definition) is 3. The summed E-state index contributed by atoms with van der Waals surface area (Å²) in [4.78, 5) is 38.7. The Bertz CT molecular complexity index is 1020. The lowest BCUT2D eigenvalue weighted by atomic mass is 10.0. The summed E-state index contributed by atoms with van der Waals surface area (Å²) in [6.07, 6.45) is 47.0. The molecule has 0 aliphatic heterocycles. The van der Waals surface area contributed by atoms with E-state index >= 15 is 0 Å². The number of aryl methyl sites for hydroxylation is 1. The molecule has 0 aliphatic carbocycles. The molecule has 1 unspecified atom stereocenters. The van der Waals surface area contributed by atoms with Gasteiger partial charge in [-0.25, -0.2) is 4.57 Å². The molecular formula is C49H91N4O3+. The Morgan fingerprint density at radius 1 is 0.429 bits per heavy atom. The summed E-state index contributed by atoms with van der Waals surface area (Å²) in [5.74, 6) is -0.398. The molecule has 0 spiro atoms. The van der Waals surface area contributed by atoms with Crippen molar-refractivity contribution in [3.8, 4) is 0 Å². The van der Waals surface area contributed by atoms with Crippen LogP contribution >= 0.6 is 0 Å². The minimum absolute atomic E-state index is 0.0457. The van der Waals surface area contributed by atoms with Crippen LogP contribution in [0.4, 0.5) is 0 Å². The van der Waals surface area contributed by atoms with E-state index in [9.17, 15) is 14.4 Å². The van der Waals surface area contributed by atoms with Crippen molar-refractivity contribution in [1.82, 2.24) is 16.0 Å². The predicted octanol–water partition coefficient (Wildman–Crippen LogP) is 12.4. The van der Waals surface area contributed by atoms with E-state index in [0.717, 1.165) is 25.7 Å². The minimum atomic E-state index is -0.703.